The molecule has 0 aromatic rings. The van der Waals surface area contributed by atoms with Crippen molar-refractivity contribution >= 4 is 16.3 Å². The Labute approximate surface area is 238 Å². The van der Waals surface area contributed by atoms with Gasteiger partial charge in [-0.15, -0.1) is 0 Å². The highest BCUT2D eigenvalue weighted by atomic mass is 32.2. The van der Waals surface area contributed by atoms with Gasteiger partial charge >= 0.3 is 16.3 Å². The summed E-state index contributed by atoms with van der Waals surface area (Å²) in [5.74, 6) is 2.20. The van der Waals surface area contributed by atoms with Crippen LogP contribution in [0.5, 0.6) is 0 Å². The van der Waals surface area contributed by atoms with Gasteiger partial charge in [0.15, 0.2) is 0 Å². The van der Waals surface area contributed by atoms with Gasteiger partial charge < -0.3 is 5.11 Å². The van der Waals surface area contributed by atoms with Crippen molar-refractivity contribution in [2.24, 2.45) is 62.6 Å². The predicted molar refractivity (Wildman–Crippen MR) is 154 cm³/mol. The van der Waals surface area contributed by atoms with Gasteiger partial charge in [-0.3, -0.25) is 8.98 Å². The van der Waals surface area contributed by atoms with E-state index in [9.17, 15) is 18.3 Å². The van der Waals surface area contributed by atoms with Crippen LogP contribution in [0.4, 0.5) is 0 Å². The average Bonchev–Trinajstić information content (AvgIpc) is 3.23. The normalized spacial score (nSPS) is 49.1. The lowest BCUT2D eigenvalue weighted by atomic mass is 9.32. The lowest BCUT2D eigenvalue weighted by Gasteiger charge is -2.72. The molecular weight excluding hydrogens is 510 g/mol. The average molecular weight is 566 g/mol. The highest BCUT2D eigenvalue weighted by Crippen LogP contribution is 2.77. The van der Waals surface area contributed by atoms with E-state index in [0.29, 0.717) is 36.1 Å². The molecule has 0 heterocycles. The minimum Gasteiger partial charge on any atom is -0.481 e. The quantitative estimate of drug-likeness (QED) is 0.360. The minimum atomic E-state index is -3.75. The fourth-order valence-electron chi connectivity index (χ4n) is 12.3. The Morgan fingerprint density at radius 3 is 2.21 bits per heavy atom. The highest BCUT2D eigenvalue weighted by molar-refractivity contribution is 7.84. The van der Waals surface area contributed by atoms with Crippen LogP contribution in [0.15, 0.2) is 0 Å². The zero-order valence-electron chi connectivity index (χ0n) is 25.8. The Hall–Kier alpha value is -0.660. The first-order valence-corrected chi connectivity index (χ1v) is 17.3. The largest absolute Gasteiger partial charge is 0.481 e. The molecule has 0 spiro atoms. The molecule has 0 saturated heterocycles. The van der Waals surface area contributed by atoms with Gasteiger partial charge in [0.1, 0.15) is 0 Å². The first-order valence-electron chi connectivity index (χ1n) is 15.9. The summed E-state index contributed by atoms with van der Waals surface area (Å²) in [5.41, 5.74) is -0.347. The Morgan fingerprint density at radius 2 is 1.59 bits per heavy atom. The van der Waals surface area contributed by atoms with Crippen LogP contribution in [0.2, 0.25) is 0 Å². The summed E-state index contributed by atoms with van der Waals surface area (Å²) in [6, 6.07) is 0. The van der Waals surface area contributed by atoms with Crippen molar-refractivity contribution in [1.29, 1.82) is 0 Å². The molecule has 5 aliphatic rings. The monoisotopic (exact) mass is 565 g/mol. The summed E-state index contributed by atoms with van der Waals surface area (Å²) in [4.78, 5) is 12.9. The van der Waals surface area contributed by atoms with Crippen molar-refractivity contribution < 1.29 is 22.5 Å². The molecule has 10 atom stereocenters. The number of carboxylic acid groups (broad SMARTS) is 1. The van der Waals surface area contributed by atoms with Crippen molar-refractivity contribution in [3.63, 3.8) is 0 Å². The highest BCUT2D eigenvalue weighted by Gasteiger charge is 2.72. The third kappa shape index (κ3) is 4.05. The fourth-order valence-corrected chi connectivity index (χ4v) is 13.3. The second-order valence-electron chi connectivity index (χ2n) is 16.0. The third-order valence-electron chi connectivity index (χ3n) is 14.3. The van der Waals surface area contributed by atoms with Crippen LogP contribution in [0, 0.1) is 62.6 Å². The molecule has 39 heavy (non-hydrogen) atoms. The summed E-state index contributed by atoms with van der Waals surface area (Å²) < 4.78 is 33.5. The molecule has 0 aromatic carbocycles. The lowest BCUT2D eigenvalue weighted by Crippen LogP contribution is -2.67. The van der Waals surface area contributed by atoms with Crippen molar-refractivity contribution in [1.82, 2.24) is 4.72 Å². The number of hydrogen-bond acceptors (Lipinski definition) is 4. The van der Waals surface area contributed by atoms with Gasteiger partial charge in [0.05, 0.1) is 11.5 Å². The number of rotatable bonds is 6. The van der Waals surface area contributed by atoms with Crippen molar-refractivity contribution in [3.05, 3.63) is 0 Å². The summed E-state index contributed by atoms with van der Waals surface area (Å²) in [7, 11) is -3.75. The van der Waals surface area contributed by atoms with Gasteiger partial charge in [-0.05, 0) is 121 Å². The molecule has 0 unspecified atom stereocenters. The summed E-state index contributed by atoms with van der Waals surface area (Å²) >= 11 is 0. The second-order valence-corrected chi connectivity index (χ2v) is 17.4. The molecule has 5 fully saturated rings. The topological polar surface area (TPSA) is 92.7 Å². The first kappa shape index (κ1) is 29.8. The van der Waals surface area contributed by atoms with E-state index in [-0.39, 0.29) is 33.7 Å². The lowest BCUT2D eigenvalue weighted by molar-refractivity contribution is -0.247. The minimum absolute atomic E-state index is 0.126. The molecule has 2 N–H and O–H groups in total. The van der Waals surface area contributed by atoms with Crippen molar-refractivity contribution in [3.8, 4) is 0 Å². The molecule has 5 aliphatic carbocycles. The van der Waals surface area contributed by atoms with E-state index >= 15 is 0 Å². The van der Waals surface area contributed by atoms with Crippen LogP contribution >= 0.6 is 0 Å². The Balaban J connectivity index is 1.48. The van der Waals surface area contributed by atoms with Gasteiger partial charge in [0.2, 0.25) is 0 Å². The van der Waals surface area contributed by atoms with E-state index in [2.05, 4.69) is 53.2 Å². The van der Waals surface area contributed by atoms with Crippen molar-refractivity contribution in [2.75, 3.05) is 6.54 Å². The molecule has 5 saturated carbocycles. The second kappa shape index (κ2) is 9.42. The van der Waals surface area contributed by atoms with Gasteiger partial charge in [-0.2, -0.15) is 13.1 Å². The van der Waals surface area contributed by atoms with Crippen LogP contribution < -0.4 is 4.72 Å². The van der Waals surface area contributed by atoms with Gasteiger partial charge in [-0.25, -0.2) is 0 Å². The van der Waals surface area contributed by atoms with Crippen LogP contribution in [-0.4, -0.2) is 32.1 Å². The molecule has 0 aromatic heterocycles. The summed E-state index contributed by atoms with van der Waals surface area (Å²) in [6.07, 6.45) is 9.73. The van der Waals surface area contributed by atoms with Crippen LogP contribution in [0.1, 0.15) is 120 Å². The van der Waals surface area contributed by atoms with Gasteiger partial charge in [0.25, 0.3) is 0 Å². The van der Waals surface area contributed by atoms with E-state index in [1.165, 1.54) is 0 Å². The molecule has 0 radical (unpaired) electrons. The third-order valence-corrected chi connectivity index (χ3v) is 15.4. The molecule has 7 heteroatoms. The molecule has 0 amide bonds. The van der Waals surface area contributed by atoms with E-state index in [1.807, 2.05) is 0 Å². The predicted octanol–water partition coefficient (Wildman–Crippen LogP) is 7.05. The molecular formula is C32H55NO5S. The molecule has 0 bridgehead atoms. The number of carbonyl (C=O) groups is 1. The molecule has 6 nitrogen and oxygen atoms in total. The van der Waals surface area contributed by atoms with Gasteiger partial charge in [0, 0.05) is 6.54 Å². The number of aliphatic carboxylic acids is 1. The maximum absolute atomic E-state index is 12.9. The number of carboxylic acids is 1. The molecule has 5 rings (SSSR count). The maximum atomic E-state index is 12.9. The number of fused-ring (bicyclic) bond motifs is 7. The smallest absolute Gasteiger partial charge is 0.336 e. The fraction of sp³-hybridized carbons (Fsp3) is 0.969. The zero-order chi connectivity index (χ0) is 28.8. The van der Waals surface area contributed by atoms with Crippen molar-refractivity contribution in [2.45, 2.75) is 126 Å². The van der Waals surface area contributed by atoms with Crippen LogP contribution in [0.25, 0.3) is 0 Å². The Bertz CT molecular complexity index is 1090. The summed E-state index contributed by atoms with van der Waals surface area (Å²) in [5, 5.41) is 10.6. The first-order chi connectivity index (χ1) is 18.0. The van der Waals surface area contributed by atoms with Crippen LogP contribution in [-0.2, 0) is 19.3 Å². The van der Waals surface area contributed by atoms with Gasteiger partial charge in [-0.1, -0.05) is 55.4 Å². The van der Waals surface area contributed by atoms with E-state index in [1.54, 1.807) is 6.92 Å². The molecule has 0 aliphatic heterocycles. The van der Waals surface area contributed by atoms with E-state index < -0.39 is 21.7 Å². The number of hydrogen-bond donors (Lipinski definition) is 2. The Morgan fingerprint density at radius 1 is 0.897 bits per heavy atom. The SMILES string of the molecule is CCNS(=O)(=O)O[C@@H]1CC[C@]2(C)[C@H]3CC[C@@H]4[C@H]5[C@H](C(C)C)CC[C@]5(C(=O)O)CC[C@@]4(C)[C@]3(C)CC[C@H]2C1(C)C. The van der Waals surface area contributed by atoms with Crippen LogP contribution in [0.3, 0.4) is 0 Å². The maximum Gasteiger partial charge on any atom is 0.336 e. The zero-order valence-corrected chi connectivity index (χ0v) is 26.6. The molecule has 224 valence electrons. The number of nitrogens with one attached hydrogen (secondary N) is 1. The van der Waals surface area contributed by atoms with E-state index in [0.717, 1.165) is 64.2 Å². The standard InChI is InChI=1S/C32H55NO5S/c1-9-33-39(36,37)38-25-14-15-29(6)23(28(25,4)5)13-16-31(8)24(29)11-10-22-26-21(20(2)3)12-17-32(26,27(34)35)19-18-30(22,31)7/h20-26,33H,9-19H2,1-8H3,(H,34,35)/t21-,22+,23-,24+,25+,26+,29-,30+,31+,32-/m0/s1. The summed E-state index contributed by atoms with van der Waals surface area (Å²) in [6.45, 7) is 18.9. The van der Waals surface area contributed by atoms with E-state index in [4.69, 9.17) is 4.18 Å². The Kier molecular flexibility index (Phi) is 7.20.